The van der Waals surface area contributed by atoms with E-state index in [0.29, 0.717) is 12.1 Å². The van der Waals surface area contributed by atoms with Crippen LogP contribution in [0.25, 0.3) is 0 Å². The van der Waals surface area contributed by atoms with Crippen molar-refractivity contribution in [2.45, 2.75) is 13.3 Å². The normalized spacial score (nSPS) is 10.5. The summed E-state index contributed by atoms with van der Waals surface area (Å²) in [7, 11) is 0.441. The molecule has 5 nitrogen and oxygen atoms in total. The van der Waals surface area contributed by atoms with Gasteiger partial charge in [-0.15, -0.1) is 0 Å². The molecule has 0 amide bonds. The molecule has 1 aromatic carbocycles. The molecular weight excluding hydrogens is 243 g/mol. The molecule has 0 aliphatic rings. The number of aryl methyl sites for hydroxylation is 2. The molecule has 0 unspecified atom stereocenters. The molecule has 1 aromatic heterocycles. The van der Waals surface area contributed by atoms with Gasteiger partial charge in [0.25, 0.3) is 0 Å². The van der Waals surface area contributed by atoms with Gasteiger partial charge in [-0.2, -0.15) is 5.10 Å². The summed E-state index contributed by atoms with van der Waals surface area (Å²) in [5, 5.41) is 22.3. The molecule has 0 bridgehead atoms. The quantitative estimate of drug-likeness (QED) is 0.744. The Morgan fingerprint density at radius 1 is 1.37 bits per heavy atom. The van der Waals surface area contributed by atoms with Gasteiger partial charge in [0.2, 0.25) is 0 Å². The van der Waals surface area contributed by atoms with Crippen LogP contribution in [-0.2, 0) is 13.5 Å². The fourth-order valence-corrected chi connectivity index (χ4v) is 1.92. The molecule has 0 aliphatic carbocycles. The second kappa shape index (κ2) is 5.90. The zero-order valence-electron chi connectivity index (χ0n) is 11.1. The summed E-state index contributed by atoms with van der Waals surface area (Å²) in [5.41, 5.74) is 2.43. The summed E-state index contributed by atoms with van der Waals surface area (Å²) >= 11 is 0. The molecule has 0 saturated heterocycles. The maximum Gasteiger partial charge on any atom is 0.488 e. The van der Waals surface area contributed by atoms with E-state index in [2.05, 4.69) is 5.10 Å². The minimum atomic E-state index is -1.44. The Hall–Kier alpha value is -1.79. The maximum atomic E-state index is 9.13. The molecule has 0 saturated carbocycles. The monoisotopic (exact) mass is 260 g/mol. The predicted molar refractivity (Wildman–Crippen MR) is 73.4 cm³/mol. The van der Waals surface area contributed by atoms with Gasteiger partial charge >= 0.3 is 7.12 Å². The Morgan fingerprint density at radius 3 is 2.74 bits per heavy atom. The van der Waals surface area contributed by atoms with Gasteiger partial charge in [0, 0.05) is 19.7 Å². The van der Waals surface area contributed by atoms with Crippen LogP contribution in [0.3, 0.4) is 0 Å². The van der Waals surface area contributed by atoms with Gasteiger partial charge in [-0.25, -0.2) is 0 Å². The van der Waals surface area contributed by atoms with Gasteiger partial charge in [-0.05, 0) is 35.6 Å². The first-order chi connectivity index (χ1) is 9.06. The molecule has 2 rings (SSSR count). The van der Waals surface area contributed by atoms with Crippen LogP contribution in [0.1, 0.15) is 11.1 Å². The lowest BCUT2D eigenvalue weighted by Crippen LogP contribution is -2.31. The molecule has 0 radical (unpaired) electrons. The minimum absolute atomic E-state index is 0.500. The molecule has 0 aliphatic heterocycles. The third-order valence-corrected chi connectivity index (χ3v) is 2.94. The van der Waals surface area contributed by atoms with Crippen molar-refractivity contribution >= 4 is 12.6 Å². The van der Waals surface area contributed by atoms with Gasteiger partial charge < -0.3 is 14.8 Å². The molecule has 1 heterocycles. The van der Waals surface area contributed by atoms with E-state index in [4.69, 9.17) is 14.8 Å². The van der Waals surface area contributed by atoms with Crippen molar-refractivity contribution in [3.63, 3.8) is 0 Å². The van der Waals surface area contributed by atoms with Crippen LogP contribution < -0.4 is 10.2 Å². The predicted octanol–water partition coefficient (Wildman–Crippen LogP) is 0.0298. The largest absolute Gasteiger partial charge is 0.493 e. The van der Waals surface area contributed by atoms with Crippen molar-refractivity contribution < 1.29 is 14.8 Å². The van der Waals surface area contributed by atoms with Crippen LogP contribution >= 0.6 is 0 Å². The van der Waals surface area contributed by atoms with Crippen molar-refractivity contribution in [2.75, 3.05) is 6.61 Å². The lowest BCUT2D eigenvalue weighted by atomic mass is 9.77. The highest BCUT2D eigenvalue weighted by molar-refractivity contribution is 6.59. The van der Waals surface area contributed by atoms with Crippen molar-refractivity contribution in [3.05, 3.63) is 41.7 Å². The Bertz CT molecular complexity index is 555. The number of benzene rings is 1. The second-order valence-electron chi connectivity index (χ2n) is 4.51. The van der Waals surface area contributed by atoms with Gasteiger partial charge in [0.1, 0.15) is 5.75 Å². The second-order valence-corrected chi connectivity index (χ2v) is 4.51. The number of ether oxygens (including phenoxy) is 1. The minimum Gasteiger partial charge on any atom is -0.493 e. The van der Waals surface area contributed by atoms with Crippen molar-refractivity contribution in [1.82, 2.24) is 9.78 Å². The first-order valence-electron chi connectivity index (χ1n) is 6.13. The third-order valence-electron chi connectivity index (χ3n) is 2.94. The third kappa shape index (κ3) is 3.59. The van der Waals surface area contributed by atoms with Gasteiger partial charge in [0.05, 0.1) is 12.8 Å². The highest BCUT2D eigenvalue weighted by Crippen LogP contribution is 2.12. The number of nitrogens with zero attached hydrogens (tertiary/aromatic N) is 2. The number of aromatic nitrogens is 2. The van der Waals surface area contributed by atoms with Gasteiger partial charge in [-0.3, -0.25) is 4.68 Å². The summed E-state index contributed by atoms with van der Waals surface area (Å²) in [6.45, 7) is 2.38. The molecule has 0 fully saturated rings. The molecule has 0 spiro atoms. The topological polar surface area (TPSA) is 67.5 Å². The first-order valence-corrected chi connectivity index (χ1v) is 6.13. The van der Waals surface area contributed by atoms with Crippen LogP contribution in [0.2, 0.25) is 0 Å². The summed E-state index contributed by atoms with van der Waals surface area (Å²) in [6, 6.07) is 5.21. The number of hydrogen-bond acceptors (Lipinski definition) is 4. The Balaban J connectivity index is 1.91. The van der Waals surface area contributed by atoms with E-state index < -0.39 is 7.12 Å². The summed E-state index contributed by atoms with van der Waals surface area (Å²) < 4.78 is 7.40. The average Bonchev–Trinajstić information content (AvgIpc) is 2.75. The average molecular weight is 260 g/mol. The molecule has 19 heavy (non-hydrogen) atoms. The van der Waals surface area contributed by atoms with Crippen LogP contribution in [0.15, 0.2) is 30.6 Å². The zero-order valence-corrected chi connectivity index (χ0v) is 11.1. The summed E-state index contributed by atoms with van der Waals surface area (Å²) in [6.07, 6.45) is 4.57. The fraction of sp³-hybridized carbons (Fsp3) is 0.308. The molecular formula is C13H17BN2O3. The standard InChI is InChI=1S/C13H17BN2O3/c1-10-7-12(3-4-13(10)14(17)18)19-6-5-11-8-15-16(2)9-11/h3-4,7-9,17-18H,5-6H2,1-2H3. The Morgan fingerprint density at radius 2 is 2.16 bits per heavy atom. The first kappa shape index (κ1) is 13.6. The molecule has 0 atom stereocenters. The van der Waals surface area contributed by atoms with E-state index in [1.165, 1.54) is 0 Å². The van der Waals surface area contributed by atoms with Crippen LogP contribution in [-0.4, -0.2) is 33.6 Å². The van der Waals surface area contributed by atoms with E-state index in [-0.39, 0.29) is 0 Å². The van der Waals surface area contributed by atoms with E-state index in [1.54, 1.807) is 22.9 Å². The maximum absolute atomic E-state index is 9.13. The van der Waals surface area contributed by atoms with E-state index >= 15 is 0 Å². The van der Waals surface area contributed by atoms with Crippen LogP contribution in [0, 0.1) is 6.92 Å². The number of rotatable bonds is 5. The lowest BCUT2D eigenvalue weighted by Gasteiger charge is -2.09. The van der Waals surface area contributed by atoms with Crippen LogP contribution in [0.5, 0.6) is 5.75 Å². The van der Waals surface area contributed by atoms with E-state index in [0.717, 1.165) is 23.3 Å². The highest BCUT2D eigenvalue weighted by Gasteiger charge is 2.13. The Labute approximate surface area is 112 Å². The SMILES string of the molecule is Cc1cc(OCCc2cnn(C)c2)ccc1B(O)O. The van der Waals surface area contributed by atoms with E-state index in [9.17, 15) is 0 Å². The molecule has 2 aromatic rings. The molecule has 2 N–H and O–H groups in total. The van der Waals surface area contributed by atoms with Crippen LogP contribution in [0.4, 0.5) is 0 Å². The summed E-state index contributed by atoms with van der Waals surface area (Å²) in [4.78, 5) is 0. The van der Waals surface area contributed by atoms with Crippen molar-refractivity contribution in [1.29, 1.82) is 0 Å². The zero-order chi connectivity index (χ0) is 13.8. The molecule has 6 heteroatoms. The Kier molecular flexibility index (Phi) is 4.24. The van der Waals surface area contributed by atoms with Crippen molar-refractivity contribution in [3.8, 4) is 5.75 Å². The van der Waals surface area contributed by atoms with Gasteiger partial charge in [-0.1, -0.05) is 6.07 Å². The fourth-order valence-electron chi connectivity index (χ4n) is 1.92. The van der Waals surface area contributed by atoms with E-state index in [1.807, 2.05) is 26.4 Å². The molecule has 100 valence electrons. The highest BCUT2D eigenvalue weighted by atomic mass is 16.5. The van der Waals surface area contributed by atoms with Gasteiger partial charge in [0.15, 0.2) is 0 Å². The lowest BCUT2D eigenvalue weighted by molar-refractivity contribution is 0.322. The summed E-state index contributed by atoms with van der Waals surface area (Å²) in [5.74, 6) is 0.728. The smallest absolute Gasteiger partial charge is 0.488 e. The van der Waals surface area contributed by atoms with Crippen molar-refractivity contribution in [2.24, 2.45) is 7.05 Å². The number of hydrogen-bond donors (Lipinski definition) is 2.